The van der Waals surface area contributed by atoms with E-state index in [9.17, 15) is 0 Å². The maximum absolute atomic E-state index is 8.39. The highest BCUT2D eigenvalue weighted by Gasteiger charge is 2.03. The van der Waals surface area contributed by atoms with E-state index >= 15 is 0 Å². The molecule has 16 heavy (non-hydrogen) atoms. The van der Waals surface area contributed by atoms with Crippen molar-refractivity contribution in [2.45, 2.75) is 19.3 Å². The number of hydrogen-bond donors (Lipinski definition) is 2. The Labute approximate surface area is 92.7 Å². The molecule has 0 amide bonds. The fraction of sp³-hybridized carbons (Fsp3) is 0.400. The van der Waals surface area contributed by atoms with Crippen molar-refractivity contribution in [3.63, 3.8) is 0 Å². The first-order valence-corrected chi connectivity index (χ1v) is 5.16. The first kappa shape index (κ1) is 10.4. The normalized spacial score (nSPS) is 10.2. The number of rotatable bonds is 5. The summed E-state index contributed by atoms with van der Waals surface area (Å²) in [7, 11) is 0. The number of aromatic nitrogens is 4. The number of H-pyrrole nitrogens is 1. The van der Waals surface area contributed by atoms with Gasteiger partial charge in [0.2, 0.25) is 0 Å². The lowest BCUT2D eigenvalue weighted by Gasteiger charge is -2.04. The molecular formula is C10H12N6. The molecule has 0 fully saturated rings. The Hall–Kier alpha value is -2.16. The van der Waals surface area contributed by atoms with E-state index < -0.39 is 0 Å². The van der Waals surface area contributed by atoms with Crippen LogP contribution in [0.1, 0.15) is 19.3 Å². The van der Waals surface area contributed by atoms with Gasteiger partial charge in [0.25, 0.3) is 0 Å². The zero-order valence-electron chi connectivity index (χ0n) is 8.77. The molecule has 2 aromatic rings. The predicted molar refractivity (Wildman–Crippen MR) is 59.6 cm³/mol. The van der Waals surface area contributed by atoms with Gasteiger partial charge in [-0.05, 0) is 12.8 Å². The van der Waals surface area contributed by atoms with Crippen molar-refractivity contribution in [1.29, 1.82) is 5.26 Å². The summed E-state index contributed by atoms with van der Waals surface area (Å²) in [5.41, 5.74) is 1.48. The van der Waals surface area contributed by atoms with E-state index in [2.05, 4.69) is 31.3 Å². The zero-order chi connectivity index (χ0) is 11.2. The molecule has 0 radical (unpaired) electrons. The molecule has 6 heteroatoms. The van der Waals surface area contributed by atoms with Gasteiger partial charge < -0.3 is 10.3 Å². The zero-order valence-corrected chi connectivity index (χ0v) is 8.77. The van der Waals surface area contributed by atoms with Crippen LogP contribution in [0.5, 0.6) is 0 Å². The Morgan fingerprint density at radius 1 is 1.31 bits per heavy atom. The van der Waals surface area contributed by atoms with Crippen LogP contribution >= 0.6 is 0 Å². The molecule has 2 aromatic heterocycles. The van der Waals surface area contributed by atoms with E-state index in [4.69, 9.17) is 5.26 Å². The van der Waals surface area contributed by atoms with Crippen molar-refractivity contribution in [3.8, 4) is 6.07 Å². The molecule has 2 heterocycles. The number of aromatic amines is 1. The first-order chi connectivity index (χ1) is 7.92. The minimum absolute atomic E-state index is 0.602. The standard InChI is InChI=1S/C10H12N6/c11-4-2-1-3-5-12-9-8-10(14-6-13-8)16-7-15-9/h6-7H,1-3,5H2,(H2,12,13,14,15,16). The van der Waals surface area contributed by atoms with Crippen LogP contribution in [-0.4, -0.2) is 26.5 Å². The van der Waals surface area contributed by atoms with Crippen molar-refractivity contribution in [2.75, 3.05) is 11.9 Å². The summed E-state index contributed by atoms with van der Waals surface area (Å²) < 4.78 is 0. The molecule has 82 valence electrons. The second kappa shape index (κ2) is 5.07. The minimum Gasteiger partial charge on any atom is -0.368 e. The lowest BCUT2D eigenvalue weighted by molar-refractivity contribution is 0.783. The van der Waals surface area contributed by atoms with E-state index in [1.165, 1.54) is 6.33 Å². The molecule has 0 saturated carbocycles. The molecule has 0 spiro atoms. The maximum Gasteiger partial charge on any atom is 0.182 e. The molecule has 0 bridgehead atoms. The fourth-order valence-corrected chi connectivity index (χ4v) is 1.43. The number of nitrogens with zero attached hydrogens (tertiary/aromatic N) is 4. The van der Waals surface area contributed by atoms with Crippen LogP contribution in [-0.2, 0) is 0 Å². The summed E-state index contributed by atoms with van der Waals surface area (Å²) in [6.07, 6.45) is 5.54. The average molecular weight is 216 g/mol. The summed E-state index contributed by atoms with van der Waals surface area (Å²) in [6, 6.07) is 2.12. The van der Waals surface area contributed by atoms with Gasteiger partial charge in [-0.15, -0.1) is 0 Å². The molecule has 0 aliphatic carbocycles. The van der Waals surface area contributed by atoms with Gasteiger partial charge >= 0.3 is 0 Å². The maximum atomic E-state index is 8.39. The van der Waals surface area contributed by atoms with E-state index in [0.29, 0.717) is 12.1 Å². The highest BCUT2D eigenvalue weighted by molar-refractivity contribution is 5.81. The number of nitriles is 1. The third-order valence-corrected chi connectivity index (χ3v) is 2.23. The third kappa shape index (κ3) is 2.25. The third-order valence-electron chi connectivity index (χ3n) is 2.23. The second-order valence-corrected chi connectivity index (χ2v) is 3.37. The largest absolute Gasteiger partial charge is 0.368 e. The predicted octanol–water partition coefficient (Wildman–Crippen LogP) is 1.46. The summed E-state index contributed by atoms with van der Waals surface area (Å²) in [5, 5.41) is 11.6. The number of imidazole rings is 1. The Morgan fingerprint density at radius 3 is 3.12 bits per heavy atom. The van der Waals surface area contributed by atoms with Crippen molar-refractivity contribution < 1.29 is 0 Å². The molecule has 0 aliphatic rings. The van der Waals surface area contributed by atoms with Crippen LogP contribution in [0.2, 0.25) is 0 Å². The van der Waals surface area contributed by atoms with Crippen LogP contribution in [0, 0.1) is 11.3 Å². The quantitative estimate of drug-likeness (QED) is 0.738. The van der Waals surface area contributed by atoms with Gasteiger partial charge in [-0.25, -0.2) is 15.0 Å². The summed E-state index contributed by atoms with van der Waals surface area (Å²) >= 11 is 0. The minimum atomic E-state index is 0.602. The van der Waals surface area contributed by atoms with Gasteiger partial charge in [-0.2, -0.15) is 5.26 Å². The molecule has 0 atom stereocenters. The molecule has 0 aliphatic heterocycles. The van der Waals surface area contributed by atoms with E-state index in [1.54, 1.807) is 6.33 Å². The van der Waals surface area contributed by atoms with E-state index in [-0.39, 0.29) is 0 Å². The van der Waals surface area contributed by atoms with Crippen LogP contribution in [0.3, 0.4) is 0 Å². The highest BCUT2D eigenvalue weighted by atomic mass is 15.1. The van der Waals surface area contributed by atoms with Crippen LogP contribution in [0.25, 0.3) is 11.2 Å². The monoisotopic (exact) mass is 216 g/mol. The van der Waals surface area contributed by atoms with Crippen molar-refractivity contribution >= 4 is 17.0 Å². The Bertz CT molecular complexity index is 497. The number of unbranched alkanes of at least 4 members (excludes halogenated alkanes) is 2. The number of fused-ring (bicyclic) bond motifs is 1. The summed E-state index contributed by atoms with van der Waals surface area (Å²) in [6.45, 7) is 0.798. The van der Waals surface area contributed by atoms with Crippen LogP contribution in [0.15, 0.2) is 12.7 Å². The smallest absolute Gasteiger partial charge is 0.182 e. The van der Waals surface area contributed by atoms with Gasteiger partial charge in [0.05, 0.1) is 12.4 Å². The lowest BCUT2D eigenvalue weighted by atomic mass is 10.2. The molecule has 0 unspecified atom stereocenters. The van der Waals surface area contributed by atoms with E-state index in [1.807, 2.05) is 0 Å². The highest BCUT2D eigenvalue weighted by Crippen LogP contribution is 2.14. The average Bonchev–Trinajstić information content (AvgIpc) is 2.77. The molecular weight excluding hydrogens is 204 g/mol. The van der Waals surface area contributed by atoms with Crippen molar-refractivity contribution in [1.82, 2.24) is 19.9 Å². The number of nitrogens with one attached hydrogen (secondary N) is 2. The molecule has 2 rings (SSSR count). The Kier molecular flexibility index (Phi) is 3.28. The summed E-state index contributed by atoms with van der Waals surface area (Å²) in [5.74, 6) is 0.763. The topological polar surface area (TPSA) is 90.3 Å². The second-order valence-electron chi connectivity index (χ2n) is 3.37. The van der Waals surface area contributed by atoms with E-state index in [0.717, 1.165) is 30.7 Å². The lowest BCUT2D eigenvalue weighted by Crippen LogP contribution is -2.04. The fourth-order valence-electron chi connectivity index (χ4n) is 1.43. The molecule has 6 nitrogen and oxygen atoms in total. The Balaban J connectivity index is 1.94. The van der Waals surface area contributed by atoms with Gasteiger partial charge in [0, 0.05) is 13.0 Å². The molecule has 0 saturated heterocycles. The van der Waals surface area contributed by atoms with Gasteiger partial charge in [-0.1, -0.05) is 0 Å². The first-order valence-electron chi connectivity index (χ1n) is 5.16. The number of hydrogen-bond acceptors (Lipinski definition) is 5. The van der Waals surface area contributed by atoms with Gasteiger partial charge in [0.15, 0.2) is 11.5 Å². The van der Waals surface area contributed by atoms with Gasteiger partial charge in [0.1, 0.15) is 11.8 Å². The molecule has 0 aromatic carbocycles. The van der Waals surface area contributed by atoms with Crippen LogP contribution < -0.4 is 5.32 Å². The number of anilines is 1. The summed E-state index contributed by atoms with van der Waals surface area (Å²) in [4.78, 5) is 15.2. The van der Waals surface area contributed by atoms with Gasteiger partial charge in [-0.3, -0.25) is 0 Å². The Morgan fingerprint density at radius 2 is 2.25 bits per heavy atom. The van der Waals surface area contributed by atoms with Crippen molar-refractivity contribution in [2.24, 2.45) is 0 Å². The van der Waals surface area contributed by atoms with Crippen molar-refractivity contribution in [3.05, 3.63) is 12.7 Å². The van der Waals surface area contributed by atoms with Crippen LogP contribution in [0.4, 0.5) is 5.82 Å². The molecule has 2 N–H and O–H groups in total. The SMILES string of the molecule is N#CCCCCNc1ncnc2nc[nH]c12.